The maximum atomic E-state index is 12.0. The van der Waals surface area contributed by atoms with Gasteiger partial charge in [0.25, 0.3) is 0 Å². The minimum absolute atomic E-state index is 0.138. The highest BCUT2D eigenvalue weighted by Gasteiger charge is 2.59. The lowest BCUT2D eigenvalue weighted by Crippen LogP contribution is -2.59. The summed E-state index contributed by atoms with van der Waals surface area (Å²) in [5.41, 5.74) is 1.76. The molecule has 2 heteroatoms. The van der Waals surface area contributed by atoms with E-state index in [4.69, 9.17) is 4.74 Å². The Hall–Kier alpha value is -1.05. The van der Waals surface area contributed by atoms with Gasteiger partial charge >= 0.3 is 5.97 Å². The number of ether oxygens (including phenoxy) is 1. The number of carbonyl (C=O) groups is 1. The fourth-order valence-electron chi connectivity index (χ4n) is 4.06. The van der Waals surface area contributed by atoms with Gasteiger partial charge in [0.2, 0.25) is 0 Å². The minimum Gasteiger partial charge on any atom is -0.451 e. The van der Waals surface area contributed by atoms with Crippen molar-refractivity contribution >= 4 is 5.97 Å². The highest BCUT2D eigenvalue weighted by molar-refractivity contribution is 5.90. The molecule has 2 bridgehead atoms. The highest BCUT2D eigenvalue weighted by atomic mass is 16.6. The van der Waals surface area contributed by atoms with E-state index >= 15 is 0 Å². The van der Waals surface area contributed by atoms with Crippen LogP contribution in [-0.4, -0.2) is 11.6 Å². The Kier molecular flexibility index (Phi) is 2.11. The summed E-state index contributed by atoms with van der Waals surface area (Å²) in [6.07, 6.45) is 7.71. The third-order valence-corrected chi connectivity index (χ3v) is 5.36. The van der Waals surface area contributed by atoms with Gasteiger partial charge in [-0.1, -0.05) is 19.6 Å². The van der Waals surface area contributed by atoms with E-state index in [1.807, 2.05) is 0 Å². The first-order valence-corrected chi connectivity index (χ1v) is 6.58. The van der Waals surface area contributed by atoms with Crippen LogP contribution in [0.3, 0.4) is 0 Å². The molecule has 1 heterocycles. The molecule has 3 atom stereocenters. The number of fused-ring (bicyclic) bond motifs is 1. The first-order chi connectivity index (χ1) is 7.98. The van der Waals surface area contributed by atoms with Crippen LogP contribution in [0.25, 0.3) is 0 Å². The molecule has 1 saturated heterocycles. The van der Waals surface area contributed by atoms with E-state index in [-0.39, 0.29) is 17.0 Å². The van der Waals surface area contributed by atoms with E-state index in [0.717, 1.165) is 32.1 Å². The zero-order valence-electron chi connectivity index (χ0n) is 10.7. The lowest BCUT2D eigenvalue weighted by molar-refractivity contribution is -0.186. The van der Waals surface area contributed by atoms with Crippen LogP contribution in [0.4, 0.5) is 0 Å². The first-order valence-electron chi connectivity index (χ1n) is 6.58. The Morgan fingerprint density at radius 1 is 1.47 bits per heavy atom. The molecule has 2 nitrogen and oxygen atoms in total. The molecule has 0 amide bonds. The van der Waals surface area contributed by atoms with E-state index in [1.165, 1.54) is 5.57 Å². The average molecular weight is 232 g/mol. The van der Waals surface area contributed by atoms with Crippen molar-refractivity contribution in [3.63, 3.8) is 0 Å². The van der Waals surface area contributed by atoms with Gasteiger partial charge in [-0.05, 0) is 50.5 Å². The van der Waals surface area contributed by atoms with Gasteiger partial charge in [-0.3, -0.25) is 0 Å². The predicted octanol–water partition coefficient (Wildman–Crippen LogP) is 3.38. The maximum absolute atomic E-state index is 12.0. The smallest absolute Gasteiger partial charge is 0.334 e. The van der Waals surface area contributed by atoms with Gasteiger partial charge in [0.15, 0.2) is 0 Å². The summed E-state index contributed by atoms with van der Waals surface area (Å²) in [5, 5.41) is 0. The normalized spacial score (nSPS) is 44.8. The van der Waals surface area contributed by atoms with Gasteiger partial charge in [-0.2, -0.15) is 0 Å². The fraction of sp³-hybridized carbons (Fsp3) is 0.667. The van der Waals surface area contributed by atoms with Crippen molar-refractivity contribution in [2.24, 2.45) is 11.3 Å². The Morgan fingerprint density at radius 2 is 2.24 bits per heavy atom. The third kappa shape index (κ3) is 1.24. The van der Waals surface area contributed by atoms with Crippen LogP contribution in [0, 0.1) is 11.3 Å². The summed E-state index contributed by atoms with van der Waals surface area (Å²) in [4.78, 5) is 12.0. The zero-order valence-corrected chi connectivity index (χ0v) is 10.7. The van der Waals surface area contributed by atoms with Gasteiger partial charge in [0.1, 0.15) is 5.60 Å². The molecular formula is C15H20O2. The maximum Gasteiger partial charge on any atom is 0.334 e. The Balaban J connectivity index is 2.11. The molecule has 1 spiro atoms. The van der Waals surface area contributed by atoms with Crippen molar-refractivity contribution < 1.29 is 9.53 Å². The van der Waals surface area contributed by atoms with Crippen molar-refractivity contribution in [3.05, 3.63) is 23.8 Å². The topological polar surface area (TPSA) is 26.3 Å². The molecule has 3 rings (SSSR count). The first kappa shape index (κ1) is 11.1. The molecule has 0 aromatic heterocycles. The quantitative estimate of drug-likeness (QED) is 0.363. The predicted molar refractivity (Wildman–Crippen MR) is 66.4 cm³/mol. The van der Waals surface area contributed by atoms with Gasteiger partial charge in [-0.25, -0.2) is 4.79 Å². The van der Waals surface area contributed by atoms with E-state index in [1.54, 1.807) is 0 Å². The van der Waals surface area contributed by atoms with Gasteiger partial charge < -0.3 is 4.74 Å². The average Bonchev–Trinajstić information content (AvgIpc) is 2.29. The monoisotopic (exact) mass is 232 g/mol. The van der Waals surface area contributed by atoms with E-state index in [0.29, 0.717) is 11.5 Å². The van der Waals surface area contributed by atoms with Crippen LogP contribution >= 0.6 is 0 Å². The molecule has 0 radical (unpaired) electrons. The Labute approximate surface area is 103 Å². The standard InChI is InChI=1S/C15H20O2/c1-10-5-4-7-14(3)8-6-12-9-15(10,14)17-13(16)11(12)2/h5,12H,2,4,6-9H2,1,3H3/t12-,14-,15+/m1/s1. The van der Waals surface area contributed by atoms with E-state index in [9.17, 15) is 4.79 Å². The highest BCUT2D eigenvalue weighted by Crippen LogP contribution is 2.59. The van der Waals surface area contributed by atoms with E-state index < -0.39 is 0 Å². The number of rotatable bonds is 0. The second-order valence-electron chi connectivity index (χ2n) is 6.17. The fourth-order valence-corrected chi connectivity index (χ4v) is 4.06. The van der Waals surface area contributed by atoms with Gasteiger partial charge in [0.05, 0.1) is 0 Å². The number of carbonyl (C=O) groups excluding carboxylic acids is 1. The Bertz CT molecular complexity index is 434. The molecule has 0 aromatic rings. The molecule has 3 aliphatic rings. The molecule has 0 unspecified atom stereocenters. The Morgan fingerprint density at radius 3 is 3.00 bits per heavy atom. The van der Waals surface area contributed by atoms with Crippen LogP contribution < -0.4 is 0 Å². The van der Waals surface area contributed by atoms with Crippen LogP contribution in [0.15, 0.2) is 23.8 Å². The van der Waals surface area contributed by atoms with E-state index in [2.05, 4.69) is 26.5 Å². The van der Waals surface area contributed by atoms with Crippen molar-refractivity contribution in [2.45, 2.75) is 51.6 Å². The van der Waals surface area contributed by atoms with Crippen molar-refractivity contribution in [2.75, 3.05) is 0 Å². The third-order valence-electron chi connectivity index (χ3n) is 5.36. The van der Waals surface area contributed by atoms with Crippen molar-refractivity contribution in [1.29, 1.82) is 0 Å². The zero-order chi connectivity index (χ0) is 12.3. The molecule has 0 aromatic carbocycles. The minimum atomic E-state index is -0.327. The molecule has 1 aliphatic heterocycles. The molecule has 1 saturated carbocycles. The summed E-state index contributed by atoms with van der Waals surface area (Å²) < 4.78 is 5.87. The van der Waals surface area contributed by atoms with Crippen LogP contribution in [-0.2, 0) is 9.53 Å². The number of hydrogen-bond donors (Lipinski definition) is 0. The molecule has 17 heavy (non-hydrogen) atoms. The summed E-state index contributed by atoms with van der Waals surface area (Å²) in [6, 6.07) is 0. The lowest BCUT2D eigenvalue weighted by atomic mass is 9.53. The SMILES string of the molecule is C=C1C(=O)O[C@]23C[C@H]1CC[C@@]2(C)CCC=C3C. The summed E-state index contributed by atoms with van der Waals surface area (Å²) in [5.74, 6) is 0.174. The summed E-state index contributed by atoms with van der Waals surface area (Å²) in [7, 11) is 0. The summed E-state index contributed by atoms with van der Waals surface area (Å²) >= 11 is 0. The van der Waals surface area contributed by atoms with Crippen LogP contribution in [0.5, 0.6) is 0 Å². The van der Waals surface area contributed by atoms with Crippen LogP contribution in [0.1, 0.15) is 46.0 Å². The second-order valence-corrected chi connectivity index (χ2v) is 6.17. The molecule has 0 N–H and O–H groups in total. The van der Waals surface area contributed by atoms with Crippen LogP contribution in [0.2, 0.25) is 0 Å². The van der Waals surface area contributed by atoms with Gasteiger partial charge in [0, 0.05) is 11.0 Å². The second kappa shape index (κ2) is 3.24. The van der Waals surface area contributed by atoms with Gasteiger partial charge in [-0.15, -0.1) is 0 Å². The molecule has 92 valence electrons. The van der Waals surface area contributed by atoms with Crippen molar-refractivity contribution in [3.8, 4) is 0 Å². The number of hydrogen-bond acceptors (Lipinski definition) is 2. The summed E-state index contributed by atoms with van der Waals surface area (Å²) in [6.45, 7) is 8.32. The largest absolute Gasteiger partial charge is 0.451 e. The van der Waals surface area contributed by atoms with Crippen molar-refractivity contribution in [1.82, 2.24) is 0 Å². The molecule has 2 aliphatic carbocycles. The number of allylic oxidation sites excluding steroid dienone is 1. The molecule has 2 fully saturated rings. The molecular weight excluding hydrogens is 212 g/mol. The lowest BCUT2D eigenvalue weighted by Gasteiger charge is -2.58. The number of esters is 1.